The number of aromatic hydroxyl groups is 1. The van der Waals surface area contributed by atoms with E-state index in [9.17, 15) is 15.0 Å². The van der Waals surface area contributed by atoms with Crippen LogP contribution >= 0.6 is 11.6 Å². The number of aliphatic carboxylic acids is 1. The molecule has 18 heavy (non-hydrogen) atoms. The van der Waals surface area contributed by atoms with Crippen molar-refractivity contribution in [3.05, 3.63) is 28.8 Å². The molecular weight excluding hydrogens is 256 g/mol. The Morgan fingerprint density at radius 3 is 2.61 bits per heavy atom. The first-order valence-corrected chi connectivity index (χ1v) is 6.13. The van der Waals surface area contributed by atoms with Gasteiger partial charge in [-0.2, -0.15) is 0 Å². The molecule has 1 aliphatic rings. The average molecular weight is 271 g/mol. The van der Waals surface area contributed by atoms with Crippen LogP contribution in [-0.4, -0.2) is 47.3 Å². The number of carboxylic acids is 1. The lowest BCUT2D eigenvalue weighted by Gasteiger charge is -2.32. The molecule has 1 saturated heterocycles. The van der Waals surface area contributed by atoms with Gasteiger partial charge in [-0.15, -0.1) is 0 Å². The van der Waals surface area contributed by atoms with Gasteiger partial charge in [0, 0.05) is 26.2 Å². The zero-order valence-electron chi connectivity index (χ0n) is 9.77. The molecule has 0 spiro atoms. The second-order valence-corrected chi connectivity index (χ2v) is 4.64. The van der Waals surface area contributed by atoms with Crippen molar-refractivity contribution in [2.75, 3.05) is 26.2 Å². The highest BCUT2D eigenvalue weighted by Crippen LogP contribution is 2.29. The van der Waals surface area contributed by atoms with Gasteiger partial charge in [0.25, 0.3) is 0 Å². The van der Waals surface area contributed by atoms with E-state index < -0.39 is 12.0 Å². The molecule has 1 aliphatic heterocycles. The van der Waals surface area contributed by atoms with Gasteiger partial charge in [-0.25, -0.2) is 0 Å². The normalized spacial score (nSPS) is 18.5. The van der Waals surface area contributed by atoms with E-state index in [4.69, 9.17) is 11.6 Å². The zero-order chi connectivity index (χ0) is 13.1. The number of hydrogen-bond acceptors (Lipinski definition) is 4. The van der Waals surface area contributed by atoms with Gasteiger partial charge in [0.1, 0.15) is 11.8 Å². The molecule has 5 nitrogen and oxygen atoms in total. The summed E-state index contributed by atoms with van der Waals surface area (Å²) < 4.78 is 0. The molecule has 0 amide bonds. The Kier molecular flexibility index (Phi) is 4.06. The fourth-order valence-corrected chi connectivity index (χ4v) is 2.33. The number of benzene rings is 1. The third-order valence-electron chi connectivity index (χ3n) is 3.04. The van der Waals surface area contributed by atoms with E-state index >= 15 is 0 Å². The molecule has 1 unspecified atom stereocenters. The number of phenols is 1. The Bertz CT molecular complexity index is 447. The molecule has 6 heteroatoms. The summed E-state index contributed by atoms with van der Waals surface area (Å²) in [5.41, 5.74) is 0.590. The molecule has 98 valence electrons. The second kappa shape index (κ2) is 5.56. The van der Waals surface area contributed by atoms with Gasteiger partial charge in [0.2, 0.25) is 0 Å². The van der Waals surface area contributed by atoms with Crippen molar-refractivity contribution >= 4 is 17.6 Å². The fourth-order valence-electron chi connectivity index (χ4n) is 2.14. The van der Waals surface area contributed by atoms with Gasteiger partial charge in [0.15, 0.2) is 0 Å². The summed E-state index contributed by atoms with van der Waals surface area (Å²) in [4.78, 5) is 13.3. The number of halogens is 1. The van der Waals surface area contributed by atoms with Crippen LogP contribution in [-0.2, 0) is 4.79 Å². The van der Waals surface area contributed by atoms with Crippen molar-refractivity contribution < 1.29 is 15.0 Å². The van der Waals surface area contributed by atoms with Crippen molar-refractivity contribution in [3.8, 4) is 5.75 Å². The maximum Gasteiger partial charge on any atom is 0.325 e. The van der Waals surface area contributed by atoms with Crippen molar-refractivity contribution in [2.45, 2.75) is 6.04 Å². The molecule has 2 rings (SSSR count). The Morgan fingerprint density at radius 2 is 2.06 bits per heavy atom. The summed E-state index contributed by atoms with van der Waals surface area (Å²) in [6.07, 6.45) is 0. The first kappa shape index (κ1) is 13.1. The highest BCUT2D eigenvalue weighted by atomic mass is 35.5. The van der Waals surface area contributed by atoms with E-state index in [2.05, 4.69) is 5.32 Å². The summed E-state index contributed by atoms with van der Waals surface area (Å²) in [5.74, 6) is -0.941. The first-order valence-electron chi connectivity index (χ1n) is 5.75. The predicted octanol–water partition coefficient (Wildman–Crippen LogP) is 1.08. The van der Waals surface area contributed by atoms with E-state index in [1.807, 2.05) is 4.90 Å². The molecule has 0 radical (unpaired) electrons. The van der Waals surface area contributed by atoms with E-state index in [0.29, 0.717) is 18.7 Å². The quantitative estimate of drug-likeness (QED) is 0.766. The Hall–Kier alpha value is -1.30. The molecule has 1 aromatic rings. The predicted molar refractivity (Wildman–Crippen MR) is 67.9 cm³/mol. The molecule has 1 fully saturated rings. The lowest BCUT2D eigenvalue weighted by Crippen LogP contribution is -2.47. The van der Waals surface area contributed by atoms with Crippen LogP contribution in [0.4, 0.5) is 0 Å². The van der Waals surface area contributed by atoms with Gasteiger partial charge < -0.3 is 15.5 Å². The molecule has 1 aromatic carbocycles. The lowest BCUT2D eigenvalue weighted by atomic mass is 10.0. The van der Waals surface area contributed by atoms with Crippen LogP contribution in [0.3, 0.4) is 0 Å². The van der Waals surface area contributed by atoms with Crippen LogP contribution in [0.2, 0.25) is 5.02 Å². The molecule has 3 N–H and O–H groups in total. The van der Waals surface area contributed by atoms with Gasteiger partial charge in [-0.1, -0.05) is 17.7 Å². The third-order valence-corrected chi connectivity index (χ3v) is 3.34. The molecular formula is C12H15ClN2O3. The van der Waals surface area contributed by atoms with E-state index in [1.165, 1.54) is 12.1 Å². The average Bonchev–Trinajstić information content (AvgIpc) is 2.35. The van der Waals surface area contributed by atoms with Crippen LogP contribution in [0.15, 0.2) is 18.2 Å². The SMILES string of the molecule is O=C(O)C(c1ccc(O)c(Cl)c1)N1CCNCC1. The number of carbonyl (C=O) groups is 1. The van der Waals surface area contributed by atoms with Crippen LogP contribution in [0.5, 0.6) is 5.75 Å². The van der Waals surface area contributed by atoms with Crippen molar-refractivity contribution in [1.29, 1.82) is 0 Å². The Morgan fingerprint density at radius 1 is 1.39 bits per heavy atom. The van der Waals surface area contributed by atoms with Crippen LogP contribution in [0, 0.1) is 0 Å². The molecule has 0 aromatic heterocycles. The Labute approximate surface area is 110 Å². The van der Waals surface area contributed by atoms with Gasteiger partial charge >= 0.3 is 5.97 Å². The number of piperazine rings is 1. The number of hydrogen-bond donors (Lipinski definition) is 3. The minimum absolute atomic E-state index is 0.0372. The van der Waals surface area contributed by atoms with E-state index in [0.717, 1.165) is 13.1 Å². The van der Waals surface area contributed by atoms with Crippen molar-refractivity contribution in [3.63, 3.8) is 0 Å². The summed E-state index contributed by atoms with van der Waals surface area (Å²) in [6.45, 7) is 2.90. The molecule has 0 bridgehead atoms. The number of phenolic OH excluding ortho intramolecular Hbond substituents is 1. The summed E-state index contributed by atoms with van der Waals surface area (Å²) >= 11 is 5.83. The lowest BCUT2D eigenvalue weighted by molar-refractivity contribution is -0.143. The Balaban J connectivity index is 2.28. The minimum Gasteiger partial charge on any atom is -0.506 e. The van der Waals surface area contributed by atoms with Crippen molar-refractivity contribution in [1.82, 2.24) is 10.2 Å². The van der Waals surface area contributed by atoms with E-state index in [1.54, 1.807) is 6.07 Å². The zero-order valence-corrected chi connectivity index (χ0v) is 10.5. The maximum atomic E-state index is 11.4. The largest absolute Gasteiger partial charge is 0.506 e. The summed E-state index contributed by atoms with van der Waals surface area (Å²) in [7, 11) is 0. The number of nitrogens with one attached hydrogen (secondary N) is 1. The maximum absolute atomic E-state index is 11.4. The molecule has 0 aliphatic carbocycles. The monoisotopic (exact) mass is 270 g/mol. The molecule has 1 atom stereocenters. The number of nitrogens with zero attached hydrogens (tertiary/aromatic N) is 1. The fraction of sp³-hybridized carbons (Fsp3) is 0.417. The summed E-state index contributed by atoms with van der Waals surface area (Å²) in [5, 5.41) is 22.1. The summed E-state index contributed by atoms with van der Waals surface area (Å²) in [6, 6.07) is 3.82. The standard InChI is InChI=1S/C12H15ClN2O3/c13-9-7-8(1-2-10(9)16)11(12(17)18)15-5-3-14-4-6-15/h1-2,7,11,14,16H,3-6H2,(H,17,18). The first-order chi connectivity index (χ1) is 8.59. The molecule has 0 saturated carbocycles. The second-order valence-electron chi connectivity index (χ2n) is 4.24. The van der Waals surface area contributed by atoms with Crippen LogP contribution in [0.25, 0.3) is 0 Å². The van der Waals surface area contributed by atoms with Crippen LogP contribution in [0.1, 0.15) is 11.6 Å². The van der Waals surface area contributed by atoms with Gasteiger partial charge in [-0.3, -0.25) is 9.69 Å². The highest BCUT2D eigenvalue weighted by molar-refractivity contribution is 6.32. The number of carboxylic acid groups (broad SMARTS) is 1. The van der Waals surface area contributed by atoms with Gasteiger partial charge in [-0.05, 0) is 17.7 Å². The van der Waals surface area contributed by atoms with E-state index in [-0.39, 0.29) is 10.8 Å². The minimum atomic E-state index is -0.904. The molecule has 1 heterocycles. The van der Waals surface area contributed by atoms with Gasteiger partial charge in [0.05, 0.1) is 5.02 Å². The highest BCUT2D eigenvalue weighted by Gasteiger charge is 2.28. The smallest absolute Gasteiger partial charge is 0.325 e. The van der Waals surface area contributed by atoms with Crippen molar-refractivity contribution in [2.24, 2.45) is 0 Å². The third kappa shape index (κ3) is 2.75. The topological polar surface area (TPSA) is 72.8 Å². The number of rotatable bonds is 3. The van der Waals surface area contributed by atoms with Crippen LogP contribution < -0.4 is 5.32 Å².